The van der Waals surface area contributed by atoms with Gasteiger partial charge < -0.3 is 10.7 Å². The van der Waals surface area contributed by atoms with E-state index in [1.807, 2.05) is 6.92 Å². The molecule has 1 aromatic heterocycles. The number of nitrogens with one attached hydrogen (secondary N) is 2. The molecule has 0 bridgehead atoms. The minimum absolute atomic E-state index is 0.113. The van der Waals surface area contributed by atoms with E-state index in [2.05, 4.69) is 46.5 Å². The summed E-state index contributed by atoms with van der Waals surface area (Å²) in [6, 6.07) is 2.67. The van der Waals surface area contributed by atoms with Crippen LogP contribution in [0.1, 0.15) is 25.2 Å². The molecule has 9 heteroatoms. The predicted molar refractivity (Wildman–Crippen MR) is 88.2 cm³/mol. The SMILES string of the molecule is CCC(NS(=O)(=O)c1c(Br)cc(N)cc1Br)c1ncc[nH]1. The molecule has 0 fully saturated rings. The summed E-state index contributed by atoms with van der Waals surface area (Å²) in [5.74, 6) is 0.573. The van der Waals surface area contributed by atoms with Gasteiger partial charge in [0.05, 0.1) is 6.04 Å². The lowest BCUT2D eigenvalue weighted by molar-refractivity contribution is 0.538. The minimum atomic E-state index is -3.74. The number of aromatic nitrogens is 2. The summed E-state index contributed by atoms with van der Waals surface area (Å²) in [5, 5.41) is 0. The number of nitrogens with zero attached hydrogens (tertiary/aromatic N) is 1. The number of hydrogen-bond acceptors (Lipinski definition) is 4. The molecule has 2 aromatic rings. The number of hydrogen-bond donors (Lipinski definition) is 3. The molecule has 21 heavy (non-hydrogen) atoms. The standard InChI is InChI=1S/C12H14Br2N4O2S/c1-2-10(12-16-3-4-17-12)18-21(19,20)11-8(13)5-7(15)6-9(11)14/h3-6,10,18H,2,15H2,1H3,(H,16,17). The Bertz CT molecular complexity index is 709. The summed E-state index contributed by atoms with van der Waals surface area (Å²) in [5.41, 5.74) is 6.15. The molecule has 4 N–H and O–H groups in total. The number of nitrogens with two attached hydrogens (primary N) is 1. The van der Waals surface area contributed by atoms with Gasteiger partial charge in [0, 0.05) is 27.0 Å². The summed E-state index contributed by atoms with van der Waals surface area (Å²) in [6.45, 7) is 1.88. The average Bonchev–Trinajstić information content (AvgIpc) is 2.87. The molecule has 1 atom stereocenters. The first kappa shape index (κ1) is 16.5. The lowest BCUT2D eigenvalue weighted by Gasteiger charge is -2.17. The second kappa shape index (κ2) is 6.47. The zero-order chi connectivity index (χ0) is 15.6. The molecular formula is C12H14Br2N4O2S. The van der Waals surface area contributed by atoms with Gasteiger partial charge in [-0.3, -0.25) is 0 Å². The van der Waals surface area contributed by atoms with E-state index in [1.165, 1.54) is 0 Å². The fourth-order valence-corrected chi connectivity index (χ4v) is 5.79. The van der Waals surface area contributed by atoms with Gasteiger partial charge in [0.15, 0.2) is 0 Å². The maximum Gasteiger partial charge on any atom is 0.243 e. The van der Waals surface area contributed by atoms with Gasteiger partial charge in [0.2, 0.25) is 10.0 Å². The third-order valence-corrected chi connectivity index (χ3v) is 6.19. The lowest BCUT2D eigenvalue weighted by Crippen LogP contribution is -2.29. The molecule has 0 aliphatic carbocycles. The second-order valence-electron chi connectivity index (χ2n) is 4.37. The van der Waals surface area contributed by atoms with Crippen molar-refractivity contribution in [3.8, 4) is 0 Å². The Balaban J connectivity index is 2.39. The van der Waals surface area contributed by atoms with E-state index in [1.54, 1.807) is 24.5 Å². The van der Waals surface area contributed by atoms with Crippen molar-refractivity contribution >= 4 is 47.6 Å². The normalized spacial score (nSPS) is 13.3. The van der Waals surface area contributed by atoms with Crippen LogP contribution in [-0.4, -0.2) is 18.4 Å². The molecule has 0 spiro atoms. The maximum atomic E-state index is 12.6. The molecule has 0 saturated heterocycles. The van der Waals surface area contributed by atoms with E-state index in [0.29, 0.717) is 26.9 Å². The van der Waals surface area contributed by atoms with Crippen molar-refractivity contribution in [1.82, 2.24) is 14.7 Å². The molecule has 0 aliphatic rings. The summed E-state index contributed by atoms with van der Waals surface area (Å²) in [7, 11) is -3.74. The van der Waals surface area contributed by atoms with Crippen LogP contribution in [0.15, 0.2) is 38.4 Å². The largest absolute Gasteiger partial charge is 0.399 e. The number of sulfonamides is 1. The Hall–Kier alpha value is -0.900. The Labute approximate surface area is 139 Å². The number of aromatic amines is 1. The van der Waals surface area contributed by atoms with Gasteiger partial charge in [-0.15, -0.1) is 0 Å². The number of rotatable bonds is 5. The number of halogens is 2. The van der Waals surface area contributed by atoms with E-state index in [0.717, 1.165) is 0 Å². The molecule has 114 valence electrons. The van der Waals surface area contributed by atoms with Crippen LogP contribution in [0.3, 0.4) is 0 Å². The van der Waals surface area contributed by atoms with Crippen LogP contribution in [0.5, 0.6) is 0 Å². The minimum Gasteiger partial charge on any atom is -0.399 e. The Morgan fingerprint density at radius 2 is 2.00 bits per heavy atom. The quantitative estimate of drug-likeness (QED) is 0.625. The fourth-order valence-electron chi connectivity index (χ4n) is 1.88. The molecule has 2 rings (SSSR count). The van der Waals surface area contributed by atoms with Crippen LogP contribution >= 0.6 is 31.9 Å². The van der Waals surface area contributed by atoms with Gasteiger partial charge in [-0.2, -0.15) is 0 Å². The molecule has 0 radical (unpaired) electrons. The molecule has 0 aliphatic heterocycles. The van der Waals surface area contributed by atoms with Crippen LogP contribution in [0.2, 0.25) is 0 Å². The van der Waals surface area contributed by atoms with Crippen molar-refractivity contribution in [2.45, 2.75) is 24.3 Å². The zero-order valence-corrected chi connectivity index (χ0v) is 15.1. The zero-order valence-electron chi connectivity index (χ0n) is 11.1. The smallest absolute Gasteiger partial charge is 0.243 e. The van der Waals surface area contributed by atoms with Crippen LogP contribution in [0.4, 0.5) is 5.69 Å². The lowest BCUT2D eigenvalue weighted by atomic mass is 10.2. The molecular weight excluding hydrogens is 424 g/mol. The first-order chi connectivity index (χ1) is 9.85. The topological polar surface area (TPSA) is 101 Å². The van der Waals surface area contributed by atoms with E-state index < -0.39 is 16.1 Å². The third kappa shape index (κ3) is 3.65. The van der Waals surface area contributed by atoms with Gasteiger partial charge in [0.1, 0.15) is 10.7 Å². The summed E-state index contributed by atoms with van der Waals surface area (Å²) >= 11 is 6.48. The third-order valence-electron chi connectivity index (χ3n) is 2.84. The van der Waals surface area contributed by atoms with Gasteiger partial charge >= 0.3 is 0 Å². The number of anilines is 1. The van der Waals surface area contributed by atoms with Gasteiger partial charge in [0.25, 0.3) is 0 Å². The van der Waals surface area contributed by atoms with Crippen molar-refractivity contribution in [3.63, 3.8) is 0 Å². The highest BCUT2D eigenvalue weighted by Crippen LogP contribution is 2.33. The van der Waals surface area contributed by atoms with Crippen LogP contribution < -0.4 is 10.5 Å². The van der Waals surface area contributed by atoms with Crippen molar-refractivity contribution in [2.24, 2.45) is 0 Å². The number of nitrogen functional groups attached to an aromatic ring is 1. The fraction of sp³-hybridized carbons (Fsp3) is 0.250. The van der Waals surface area contributed by atoms with Crippen molar-refractivity contribution in [3.05, 3.63) is 39.3 Å². The predicted octanol–water partition coefficient (Wildman–Crippen LogP) is 2.95. The van der Waals surface area contributed by atoms with E-state index >= 15 is 0 Å². The van der Waals surface area contributed by atoms with Crippen LogP contribution in [0, 0.1) is 0 Å². The highest BCUT2D eigenvalue weighted by Gasteiger charge is 2.26. The molecule has 0 amide bonds. The van der Waals surface area contributed by atoms with Gasteiger partial charge in [-0.05, 0) is 50.4 Å². The molecule has 1 heterocycles. The monoisotopic (exact) mass is 436 g/mol. The highest BCUT2D eigenvalue weighted by molar-refractivity contribution is 9.11. The summed E-state index contributed by atoms with van der Waals surface area (Å²) < 4.78 is 28.6. The first-order valence-corrected chi connectivity index (χ1v) is 9.18. The van der Waals surface area contributed by atoms with E-state index in [4.69, 9.17) is 5.73 Å². The van der Waals surface area contributed by atoms with E-state index in [9.17, 15) is 8.42 Å². The van der Waals surface area contributed by atoms with E-state index in [-0.39, 0.29) is 4.90 Å². The number of H-pyrrole nitrogens is 1. The number of benzene rings is 1. The van der Waals surface area contributed by atoms with Crippen LogP contribution in [0.25, 0.3) is 0 Å². The Kier molecular flexibility index (Phi) is 5.07. The maximum absolute atomic E-state index is 12.6. The Morgan fingerprint density at radius 1 is 1.38 bits per heavy atom. The summed E-state index contributed by atoms with van der Waals surface area (Å²) in [4.78, 5) is 7.13. The van der Waals surface area contributed by atoms with Crippen molar-refractivity contribution in [2.75, 3.05) is 5.73 Å². The highest BCUT2D eigenvalue weighted by atomic mass is 79.9. The molecule has 0 saturated carbocycles. The summed E-state index contributed by atoms with van der Waals surface area (Å²) in [6.07, 6.45) is 3.81. The molecule has 1 aromatic carbocycles. The number of imidazole rings is 1. The Morgan fingerprint density at radius 3 is 2.48 bits per heavy atom. The van der Waals surface area contributed by atoms with Crippen LogP contribution in [-0.2, 0) is 10.0 Å². The average molecular weight is 438 g/mol. The van der Waals surface area contributed by atoms with Crippen molar-refractivity contribution in [1.29, 1.82) is 0 Å². The van der Waals surface area contributed by atoms with Gasteiger partial charge in [-0.25, -0.2) is 18.1 Å². The molecule has 1 unspecified atom stereocenters. The van der Waals surface area contributed by atoms with Crippen molar-refractivity contribution < 1.29 is 8.42 Å². The first-order valence-electron chi connectivity index (χ1n) is 6.11. The molecule has 6 nitrogen and oxygen atoms in total. The van der Waals surface area contributed by atoms with Gasteiger partial charge in [-0.1, -0.05) is 6.92 Å². The second-order valence-corrected chi connectivity index (χ2v) is 7.73.